The number of nitrogens with one attached hydrogen (secondary N) is 1. The molecular weight excluding hydrogens is 376 g/mol. The number of pyridine rings is 1. The van der Waals surface area contributed by atoms with Crippen molar-refractivity contribution in [3.63, 3.8) is 0 Å². The van der Waals surface area contributed by atoms with Crippen LogP contribution in [0.1, 0.15) is 28.8 Å². The van der Waals surface area contributed by atoms with Crippen molar-refractivity contribution >= 4 is 17.3 Å². The zero-order valence-corrected chi connectivity index (χ0v) is 17.4. The number of rotatable bonds is 7. The van der Waals surface area contributed by atoms with Crippen molar-refractivity contribution in [3.8, 4) is 0 Å². The number of aromatic nitrogens is 1. The van der Waals surface area contributed by atoms with E-state index in [1.807, 2.05) is 43.6 Å². The number of benzene rings is 1. The van der Waals surface area contributed by atoms with Gasteiger partial charge in [-0.15, -0.1) is 0 Å². The summed E-state index contributed by atoms with van der Waals surface area (Å²) < 4.78 is 5.59. The van der Waals surface area contributed by atoms with Crippen LogP contribution in [-0.2, 0) is 12.8 Å². The van der Waals surface area contributed by atoms with Crippen molar-refractivity contribution in [3.05, 3.63) is 78.0 Å². The third-order valence-corrected chi connectivity index (χ3v) is 5.57. The molecule has 0 bridgehead atoms. The summed E-state index contributed by atoms with van der Waals surface area (Å²) in [5, 5.41) is 3.03. The summed E-state index contributed by atoms with van der Waals surface area (Å²) >= 11 is 0. The first-order valence-electron chi connectivity index (χ1n) is 10.6. The van der Waals surface area contributed by atoms with Crippen molar-refractivity contribution in [2.24, 2.45) is 0 Å². The number of amides is 1. The first kappa shape index (κ1) is 20.2. The van der Waals surface area contributed by atoms with Crippen molar-refractivity contribution in [1.82, 2.24) is 9.88 Å². The minimum atomic E-state index is -0.210. The number of piperazine rings is 1. The van der Waals surface area contributed by atoms with Gasteiger partial charge in [0.1, 0.15) is 5.76 Å². The van der Waals surface area contributed by atoms with Crippen LogP contribution in [0.4, 0.5) is 11.4 Å². The van der Waals surface area contributed by atoms with E-state index in [0.717, 1.165) is 62.7 Å². The Morgan fingerprint density at radius 3 is 2.53 bits per heavy atom. The molecule has 3 heterocycles. The third kappa shape index (κ3) is 4.89. The predicted molar refractivity (Wildman–Crippen MR) is 119 cm³/mol. The Bertz CT molecular complexity index is 962. The van der Waals surface area contributed by atoms with E-state index in [4.69, 9.17) is 4.42 Å². The molecule has 2 aromatic heterocycles. The van der Waals surface area contributed by atoms with Gasteiger partial charge < -0.3 is 14.6 Å². The molecule has 1 N–H and O–H groups in total. The van der Waals surface area contributed by atoms with Gasteiger partial charge in [-0.25, -0.2) is 0 Å². The molecule has 4 rings (SSSR count). The smallest absolute Gasteiger partial charge is 0.291 e. The van der Waals surface area contributed by atoms with E-state index in [1.165, 1.54) is 5.56 Å². The molecule has 156 valence electrons. The largest absolute Gasteiger partial charge is 0.456 e. The van der Waals surface area contributed by atoms with Gasteiger partial charge in [-0.3, -0.25) is 14.7 Å². The van der Waals surface area contributed by atoms with E-state index in [-0.39, 0.29) is 5.91 Å². The van der Waals surface area contributed by atoms with E-state index in [2.05, 4.69) is 38.3 Å². The normalized spacial score (nSPS) is 14.6. The van der Waals surface area contributed by atoms with Gasteiger partial charge in [0.15, 0.2) is 5.76 Å². The highest BCUT2D eigenvalue weighted by molar-refractivity contribution is 6.04. The second-order valence-corrected chi connectivity index (χ2v) is 7.52. The van der Waals surface area contributed by atoms with Crippen LogP contribution in [0.3, 0.4) is 0 Å². The maximum absolute atomic E-state index is 12.6. The summed E-state index contributed by atoms with van der Waals surface area (Å²) in [5.74, 6) is 0.956. The van der Waals surface area contributed by atoms with Gasteiger partial charge in [0.25, 0.3) is 5.91 Å². The fourth-order valence-corrected chi connectivity index (χ4v) is 3.78. The van der Waals surface area contributed by atoms with Crippen LogP contribution in [0, 0.1) is 0 Å². The van der Waals surface area contributed by atoms with E-state index >= 15 is 0 Å². The average molecular weight is 405 g/mol. The molecule has 1 fully saturated rings. The molecule has 30 heavy (non-hydrogen) atoms. The van der Waals surface area contributed by atoms with Crippen molar-refractivity contribution < 1.29 is 9.21 Å². The van der Waals surface area contributed by atoms with Crippen molar-refractivity contribution in [2.75, 3.05) is 42.9 Å². The zero-order valence-electron chi connectivity index (χ0n) is 17.4. The lowest BCUT2D eigenvalue weighted by Crippen LogP contribution is -2.47. The molecule has 6 nitrogen and oxygen atoms in total. The maximum Gasteiger partial charge on any atom is 0.291 e. The van der Waals surface area contributed by atoms with Crippen LogP contribution in [-0.4, -0.2) is 48.5 Å². The molecule has 0 spiro atoms. The standard InChI is InChI=1S/C24H28N4O2/c1-2-20-7-8-23(30-20)24(29)26-21-5-3-4-6-22(21)28-17-15-27(16-18-28)14-11-19-9-12-25-13-10-19/h3-10,12-13H,2,11,14-18H2,1H3,(H,26,29). The van der Waals surface area contributed by atoms with Crippen molar-refractivity contribution in [1.29, 1.82) is 0 Å². The van der Waals surface area contributed by atoms with Gasteiger partial charge in [0.05, 0.1) is 11.4 Å². The summed E-state index contributed by atoms with van der Waals surface area (Å²) in [5.41, 5.74) is 3.20. The monoisotopic (exact) mass is 404 g/mol. The first-order valence-corrected chi connectivity index (χ1v) is 10.6. The van der Waals surface area contributed by atoms with Gasteiger partial charge in [0, 0.05) is 51.5 Å². The lowest BCUT2D eigenvalue weighted by Gasteiger charge is -2.37. The number of hydrogen-bond donors (Lipinski definition) is 1. The summed E-state index contributed by atoms with van der Waals surface area (Å²) in [6.07, 6.45) is 5.52. The molecule has 6 heteroatoms. The highest BCUT2D eigenvalue weighted by Gasteiger charge is 2.20. The molecule has 3 aromatic rings. The van der Waals surface area contributed by atoms with Crippen LogP contribution in [0.2, 0.25) is 0 Å². The first-order chi connectivity index (χ1) is 14.7. The zero-order chi connectivity index (χ0) is 20.8. The molecule has 1 amide bonds. The summed E-state index contributed by atoms with van der Waals surface area (Å²) in [4.78, 5) is 21.5. The number of carbonyl (C=O) groups is 1. The molecule has 0 saturated carbocycles. The van der Waals surface area contributed by atoms with Gasteiger partial charge in [0.2, 0.25) is 0 Å². The number of furan rings is 1. The molecule has 0 radical (unpaired) electrons. The van der Waals surface area contributed by atoms with Crippen LogP contribution in [0.25, 0.3) is 0 Å². The van der Waals surface area contributed by atoms with Gasteiger partial charge in [-0.1, -0.05) is 19.1 Å². The Kier molecular flexibility index (Phi) is 6.44. The summed E-state index contributed by atoms with van der Waals surface area (Å²) in [7, 11) is 0. The number of para-hydroxylation sites is 2. The second kappa shape index (κ2) is 9.59. The molecule has 1 saturated heterocycles. The fourth-order valence-electron chi connectivity index (χ4n) is 3.78. The SMILES string of the molecule is CCc1ccc(C(=O)Nc2ccccc2N2CCN(CCc3ccncc3)CC2)o1. The Balaban J connectivity index is 1.35. The van der Waals surface area contributed by atoms with E-state index in [0.29, 0.717) is 5.76 Å². The van der Waals surface area contributed by atoms with Crippen LogP contribution >= 0.6 is 0 Å². The third-order valence-electron chi connectivity index (χ3n) is 5.57. The Morgan fingerprint density at radius 2 is 1.80 bits per heavy atom. The Morgan fingerprint density at radius 1 is 1.03 bits per heavy atom. The van der Waals surface area contributed by atoms with Gasteiger partial charge >= 0.3 is 0 Å². The number of nitrogens with zero attached hydrogens (tertiary/aromatic N) is 3. The predicted octanol–water partition coefficient (Wildman–Crippen LogP) is 3.85. The van der Waals surface area contributed by atoms with Crippen LogP contribution in [0.5, 0.6) is 0 Å². The molecule has 0 atom stereocenters. The molecule has 1 aromatic carbocycles. The number of carbonyl (C=O) groups excluding carboxylic acids is 1. The average Bonchev–Trinajstić information content (AvgIpc) is 3.29. The number of aryl methyl sites for hydroxylation is 1. The minimum absolute atomic E-state index is 0.210. The van der Waals surface area contributed by atoms with Gasteiger partial charge in [-0.2, -0.15) is 0 Å². The molecular formula is C24H28N4O2. The highest BCUT2D eigenvalue weighted by atomic mass is 16.3. The molecule has 1 aliphatic heterocycles. The van der Waals surface area contributed by atoms with E-state index in [9.17, 15) is 4.79 Å². The topological polar surface area (TPSA) is 61.6 Å². The summed E-state index contributed by atoms with van der Waals surface area (Å²) in [6, 6.07) is 15.7. The fraction of sp³-hybridized carbons (Fsp3) is 0.333. The second-order valence-electron chi connectivity index (χ2n) is 7.52. The molecule has 0 unspecified atom stereocenters. The number of hydrogen-bond acceptors (Lipinski definition) is 5. The summed E-state index contributed by atoms with van der Waals surface area (Å²) in [6.45, 7) is 6.94. The minimum Gasteiger partial charge on any atom is -0.456 e. The van der Waals surface area contributed by atoms with E-state index in [1.54, 1.807) is 6.07 Å². The van der Waals surface area contributed by atoms with Crippen LogP contribution in [0.15, 0.2) is 65.3 Å². The quantitative estimate of drug-likeness (QED) is 0.648. The Labute approximate surface area is 177 Å². The van der Waals surface area contributed by atoms with Gasteiger partial charge in [-0.05, 0) is 48.4 Å². The Hall–Kier alpha value is -3.12. The lowest BCUT2D eigenvalue weighted by molar-refractivity contribution is 0.0995. The van der Waals surface area contributed by atoms with E-state index < -0.39 is 0 Å². The maximum atomic E-state index is 12.6. The van der Waals surface area contributed by atoms with Crippen LogP contribution < -0.4 is 10.2 Å². The number of anilines is 2. The highest BCUT2D eigenvalue weighted by Crippen LogP contribution is 2.27. The molecule has 1 aliphatic rings. The lowest BCUT2D eigenvalue weighted by atomic mass is 10.1. The van der Waals surface area contributed by atoms with Crippen molar-refractivity contribution in [2.45, 2.75) is 19.8 Å². The molecule has 0 aliphatic carbocycles.